The Hall–Kier alpha value is -1.46. The van der Waals surface area contributed by atoms with E-state index in [9.17, 15) is 4.79 Å². The molecule has 0 heterocycles. The minimum atomic E-state index is -0.184. The standard InChI is InChI=1S/C16H30N4O7/c1-2-22-15-16(21)18-3-5-23-7-9-25-11-13-27-14-12-26-10-8-24-6-4-19-20-17/h4H,1-3,5-15H2,(H,18,21). The highest BCUT2D eigenvalue weighted by Gasteiger charge is 1.99. The molecule has 156 valence electrons. The third kappa shape index (κ3) is 22.5. The van der Waals surface area contributed by atoms with Crippen molar-refractivity contribution in [3.8, 4) is 0 Å². The van der Waals surface area contributed by atoms with Crippen LogP contribution in [-0.4, -0.2) is 91.7 Å². The van der Waals surface area contributed by atoms with Crippen LogP contribution in [0.1, 0.15) is 0 Å². The number of nitrogens with one attached hydrogen (secondary N) is 1. The Morgan fingerprint density at radius 1 is 0.889 bits per heavy atom. The molecule has 0 unspecified atom stereocenters. The maximum Gasteiger partial charge on any atom is 0.246 e. The molecule has 0 aromatic heterocycles. The first-order chi connectivity index (χ1) is 13.3. The maximum atomic E-state index is 11.2. The van der Waals surface area contributed by atoms with E-state index in [-0.39, 0.29) is 25.7 Å². The van der Waals surface area contributed by atoms with Crippen LogP contribution in [0.5, 0.6) is 0 Å². The Morgan fingerprint density at radius 2 is 1.41 bits per heavy atom. The largest absolute Gasteiger partial charge is 0.379 e. The highest BCUT2D eigenvalue weighted by Crippen LogP contribution is 1.86. The molecule has 1 amide bonds. The van der Waals surface area contributed by atoms with Crippen LogP contribution < -0.4 is 5.32 Å². The van der Waals surface area contributed by atoms with Gasteiger partial charge in [0.1, 0.15) is 6.61 Å². The Balaban J connectivity index is 3.07. The Labute approximate surface area is 160 Å². The van der Waals surface area contributed by atoms with E-state index in [1.165, 1.54) is 6.54 Å². The molecule has 0 rings (SSSR count). The normalized spacial score (nSPS) is 10.6. The Morgan fingerprint density at radius 3 is 1.93 bits per heavy atom. The zero-order valence-electron chi connectivity index (χ0n) is 15.7. The van der Waals surface area contributed by atoms with Gasteiger partial charge in [-0.2, -0.15) is 0 Å². The number of carbonyl (C=O) groups is 1. The van der Waals surface area contributed by atoms with Crippen molar-refractivity contribution in [3.63, 3.8) is 0 Å². The van der Waals surface area contributed by atoms with Gasteiger partial charge in [-0.15, -0.1) is 0 Å². The van der Waals surface area contributed by atoms with Crippen LogP contribution in [0, 0.1) is 13.5 Å². The third-order valence-corrected chi connectivity index (χ3v) is 2.76. The van der Waals surface area contributed by atoms with Gasteiger partial charge in [-0.1, -0.05) is 5.11 Å². The number of azide groups is 1. The van der Waals surface area contributed by atoms with E-state index in [1.807, 2.05) is 0 Å². The van der Waals surface area contributed by atoms with Gasteiger partial charge in [-0.3, -0.25) is 4.79 Å². The van der Waals surface area contributed by atoms with E-state index in [0.29, 0.717) is 66.0 Å². The molecule has 0 aromatic rings. The highest BCUT2D eigenvalue weighted by molar-refractivity contribution is 5.77. The average Bonchev–Trinajstić information content (AvgIpc) is 2.68. The van der Waals surface area contributed by atoms with Gasteiger partial charge in [0.05, 0.1) is 72.6 Å². The van der Waals surface area contributed by atoms with E-state index in [2.05, 4.69) is 22.3 Å². The zero-order valence-corrected chi connectivity index (χ0v) is 15.7. The molecular formula is C16H30N4O7. The first-order valence-corrected chi connectivity index (χ1v) is 8.69. The zero-order chi connectivity index (χ0) is 19.8. The fourth-order valence-electron chi connectivity index (χ4n) is 1.56. The molecule has 11 heteroatoms. The summed E-state index contributed by atoms with van der Waals surface area (Å²) in [5, 5.41) is 5.88. The number of hydrogen-bond donors (Lipinski definition) is 1. The first kappa shape index (κ1) is 25.5. The van der Waals surface area contributed by atoms with Gasteiger partial charge in [0, 0.05) is 18.1 Å². The molecule has 27 heavy (non-hydrogen) atoms. The number of hydrogen-bond acceptors (Lipinski definition) is 8. The number of ether oxygens (including phenoxy) is 6. The summed E-state index contributed by atoms with van der Waals surface area (Å²) in [4.78, 5) is 13.8. The molecular weight excluding hydrogens is 360 g/mol. The predicted molar refractivity (Wildman–Crippen MR) is 96.7 cm³/mol. The van der Waals surface area contributed by atoms with Crippen LogP contribution in [-0.2, 0) is 33.2 Å². The van der Waals surface area contributed by atoms with E-state index >= 15 is 0 Å². The van der Waals surface area contributed by atoms with Crippen molar-refractivity contribution in [1.29, 1.82) is 0 Å². The van der Waals surface area contributed by atoms with Gasteiger partial charge < -0.3 is 33.7 Å². The molecule has 0 saturated heterocycles. The van der Waals surface area contributed by atoms with Crippen molar-refractivity contribution in [2.75, 3.05) is 85.8 Å². The summed E-state index contributed by atoms with van der Waals surface area (Å²) in [6.07, 6.45) is 0. The van der Waals surface area contributed by atoms with Crippen molar-refractivity contribution in [3.05, 3.63) is 23.9 Å². The van der Waals surface area contributed by atoms with Gasteiger partial charge in [-0.25, -0.2) is 0 Å². The predicted octanol–water partition coefficient (Wildman–Crippen LogP) is 0.508. The summed E-state index contributed by atoms with van der Waals surface area (Å²) in [6.45, 7) is 9.90. The van der Waals surface area contributed by atoms with Crippen LogP contribution in [0.2, 0.25) is 0 Å². The second-order valence-electron chi connectivity index (χ2n) is 4.81. The lowest BCUT2D eigenvalue weighted by Gasteiger charge is -2.08. The summed E-state index contributed by atoms with van der Waals surface area (Å²) in [6, 6.07) is 0. The van der Waals surface area contributed by atoms with E-state index < -0.39 is 0 Å². The summed E-state index contributed by atoms with van der Waals surface area (Å²) in [7, 11) is 0. The summed E-state index contributed by atoms with van der Waals surface area (Å²) in [5.74, 6) is -0.184. The molecule has 2 radical (unpaired) electrons. The van der Waals surface area contributed by atoms with Gasteiger partial charge in [-0.05, 0) is 12.5 Å². The first-order valence-electron chi connectivity index (χ1n) is 8.69. The SMILES string of the molecule is [CH2]COCC(=O)NCCOCCOCCOCCOCCOC[CH]N=[N+]=[N-]. The topological polar surface area (TPSA) is 133 Å². The smallest absolute Gasteiger partial charge is 0.246 e. The van der Waals surface area contributed by atoms with Gasteiger partial charge in [0.25, 0.3) is 0 Å². The van der Waals surface area contributed by atoms with Crippen molar-refractivity contribution in [2.24, 2.45) is 5.11 Å². The lowest BCUT2D eigenvalue weighted by Crippen LogP contribution is -2.30. The molecule has 11 nitrogen and oxygen atoms in total. The highest BCUT2D eigenvalue weighted by atomic mass is 16.6. The monoisotopic (exact) mass is 390 g/mol. The van der Waals surface area contributed by atoms with E-state index in [0.717, 1.165) is 0 Å². The number of carbonyl (C=O) groups excluding carboxylic acids is 1. The minimum Gasteiger partial charge on any atom is -0.379 e. The van der Waals surface area contributed by atoms with Crippen molar-refractivity contribution in [2.45, 2.75) is 0 Å². The molecule has 0 aliphatic carbocycles. The Kier molecular flexibility index (Phi) is 21.4. The van der Waals surface area contributed by atoms with Crippen LogP contribution in [0.4, 0.5) is 0 Å². The van der Waals surface area contributed by atoms with Crippen LogP contribution in [0.3, 0.4) is 0 Å². The molecule has 0 fully saturated rings. The van der Waals surface area contributed by atoms with E-state index in [1.54, 1.807) is 0 Å². The van der Waals surface area contributed by atoms with E-state index in [4.69, 9.17) is 34.0 Å². The van der Waals surface area contributed by atoms with Crippen molar-refractivity contribution >= 4 is 5.91 Å². The second-order valence-corrected chi connectivity index (χ2v) is 4.81. The minimum absolute atomic E-state index is 0.0169. The number of nitrogens with zero attached hydrogens (tertiary/aromatic N) is 3. The molecule has 0 bridgehead atoms. The molecule has 0 aliphatic heterocycles. The molecule has 0 aliphatic rings. The molecule has 0 saturated carbocycles. The summed E-state index contributed by atoms with van der Waals surface area (Å²) in [5.41, 5.74) is 8.04. The summed E-state index contributed by atoms with van der Waals surface area (Å²) >= 11 is 0. The van der Waals surface area contributed by atoms with Gasteiger partial charge in [0.15, 0.2) is 0 Å². The fourth-order valence-corrected chi connectivity index (χ4v) is 1.56. The lowest BCUT2D eigenvalue weighted by atomic mass is 10.6. The van der Waals surface area contributed by atoms with Gasteiger partial charge in [0.2, 0.25) is 5.91 Å². The lowest BCUT2D eigenvalue weighted by molar-refractivity contribution is -0.125. The Bertz CT molecular complexity index is 382. The molecule has 1 N–H and O–H groups in total. The van der Waals surface area contributed by atoms with Crippen molar-refractivity contribution < 1.29 is 33.2 Å². The van der Waals surface area contributed by atoms with Crippen LogP contribution in [0.25, 0.3) is 10.4 Å². The van der Waals surface area contributed by atoms with Crippen LogP contribution >= 0.6 is 0 Å². The fraction of sp³-hybridized carbons (Fsp3) is 0.812. The van der Waals surface area contributed by atoms with Gasteiger partial charge >= 0.3 is 0 Å². The summed E-state index contributed by atoms with van der Waals surface area (Å²) < 4.78 is 31.3. The average molecular weight is 390 g/mol. The second kappa shape index (κ2) is 22.6. The number of rotatable bonds is 21. The number of amides is 1. The molecule has 0 atom stereocenters. The van der Waals surface area contributed by atoms with Crippen LogP contribution in [0.15, 0.2) is 5.11 Å². The molecule has 0 aromatic carbocycles. The van der Waals surface area contributed by atoms with Crippen molar-refractivity contribution in [1.82, 2.24) is 5.32 Å². The molecule has 0 spiro atoms. The third-order valence-electron chi connectivity index (χ3n) is 2.76. The quantitative estimate of drug-likeness (QED) is 0.131. The maximum absolute atomic E-state index is 11.2.